The van der Waals surface area contributed by atoms with Crippen LogP contribution in [0.3, 0.4) is 0 Å². The topological polar surface area (TPSA) is 81.6 Å². The lowest BCUT2D eigenvalue weighted by Gasteiger charge is -2.33. The Labute approximate surface area is 107 Å². The summed E-state index contributed by atoms with van der Waals surface area (Å²) in [6, 6.07) is 5.22. The van der Waals surface area contributed by atoms with Crippen molar-refractivity contribution in [2.75, 3.05) is 30.8 Å². The number of methoxy groups -OCH3 is 1. The Morgan fingerprint density at radius 2 is 2.06 bits per heavy atom. The standard InChI is InChI=1S/C13H19N3O2/c1-18-10-4-6-16(7-5-10)12-3-2-9(13(15)17)8-11(12)14/h2-3,8,10H,4-7,14H2,1H3,(H2,15,17). The summed E-state index contributed by atoms with van der Waals surface area (Å²) < 4.78 is 5.34. The van der Waals surface area contributed by atoms with Gasteiger partial charge in [0.25, 0.3) is 0 Å². The first-order valence-corrected chi connectivity index (χ1v) is 6.09. The Hall–Kier alpha value is -1.75. The number of nitrogen functional groups attached to an aromatic ring is 1. The Balaban J connectivity index is 2.12. The van der Waals surface area contributed by atoms with E-state index in [0.29, 0.717) is 17.4 Å². The zero-order valence-electron chi connectivity index (χ0n) is 10.6. The van der Waals surface area contributed by atoms with Crippen LogP contribution in [-0.4, -0.2) is 32.2 Å². The second-order valence-corrected chi connectivity index (χ2v) is 4.56. The van der Waals surface area contributed by atoms with Crippen LogP contribution in [0.5, 0.6) is 0 Å². The summed E-state index contributed by atoms with van der Waals surface area (Å²) in [5.74, 6) is -0.452. The summed E-state index contributed by atoms with van der Waals surface area (Å²) in [6.45, 7) is 1.83. The van der Waals surface area contributed by atoms with Gasteiger partial charge in [-0.1, -0.05) is 0 Å². The van der Waals surface area contributed by atoms with Gasteiger partial charge in [-0.2, -0.15) is 0 Å². The zero-order valence-corrected chi connectivity index (χ0v) is 10.6. The molecule has 1 aliphatic heterocycles. The molecule has 0 aromatic heterocycles. The first-order chi connectivity index (χ1) is 8.61. The number of benzene rings is 1. The lowest BCUT2D eigenvalue weighted by molar-refractivity contribution is 0.0819. The summed E-state index contributed by atoms with van der Waals surface area (Å²) in [6.07, 6.45) is 2.33. The minimum absolute atomic E-state index is 0.340. The van der Waals surface area contributed by atoms with E-state index in [0.717, 1.165) is 31.6 Å². The molecule has 1 heterocycles. The SMILES string of the molecule is COC1CCN(c2ccc(C(N)=O)cc2N)CC1. The molecule has 1 amide bonds. The molecule has 5 heteroatoms. The van der Waals surface area contributed by atoms with Gasteiger partial charge in [0.15, 0.2) is 0 Å². The van der Waals surface area contributed by atoms with Crippen molar-refractivity contribution in [1.29, 1.82) is 0 Å². The van der Waals surface area contributed by atoms with Crippen LogP contribution < -0.4 is 16.4 Å². The van der Waals surface area contributed by atoms with E-state index in [1.165, 1.54) is 0 Å². The number of anilines is 2. The second-order valence-electron chi connectivity index (χ2n) is 4.56. The van der Waals surface area contributed by atoms with Gasteiger partial charge in [0.1, 0.15) is 0 Å². The van der Waals surface area contributed by atoms with Crippen LogP contribution in [0.1, 0.15) is 23.2 Å². The molecule has 1 aromatic carbocycles. The number of nitrogens with two attached hydrogens (primary N) is 2. The van der Waals surface area contributed by atoms with Crippen LogP contribution in [0, 0.1) is 0 Å². The van der Waals surface area contributed by atoms with Crippen LogP contribution in [0.15, 0.2) is 18.2 Å². The average molecular weight is 249 g/mol. The van der Waals surface area contributed by atoms with Crippen molar-refractivity contribution >= 4 is 17.3 Å². The molecule has 1 aromatic rings. The first-order valence-electron chi connectivity index (χ1n) is 6.09. The van der Waals surface area contributed by atoms with Crippen molar-refractivity contribution in [1.82, 2.24) is 0 Å². The monoisotopic (exact) mass is 249 g/mol. The molecule has 0 bridgehead atoms. The summed E-state index contributed by atoms with van der Waals surface area (Å²) in [4.78, 5) is 13.3. The zero-order chi connectivity index (χ0) is 13.1. The molecule has 18 heavy (non-hydrogen) atoms. The Kier molecular flexibility index (Phi) is 3.72. The van der Waals surface area contributed by atoms with Crippen LogP contribution in [0.25, 0.3) is 0 Å². The van der Waals surface area contributed by atoms with E-state index in [1.54, 1.807) is 19.2 Å². The highest BCUT2D eigenvalue weighted by Crippen LogP contribution is 2.27. The smallest absolute Gasteiger partial charge is 0.248 e. The largest absolute Gasteiger partial charge is 0.397 e. The fraction of sp³-hybridized carbons (Fsp3) is 0.462. The fourth-order valence-electron chi connectivity index (χ4n) is 2.33. The number of piperidine rings is 1. The summed E-state index contributed by atoms with van der Waals surface area (Å²) >= 11 is 0. The Morgan fingerprint density at radius 1 is 1.39 bits per heavy atom. The highest BCUT2D eigenvalue weighted by Gasteiger charge is 2.20. The number of carbonyl (C=O) groups is 1. The molecule has 2 rings (SSSR count). The molecule has 0 unspecified atom stereocenters. The number of rotatable bonds is 3. The van der Waals surface area contributed by atoms with E-state index in [9.17, 15) is 4.79 Å². The third kappa shape index (κ3) is 2.56. The van der Waals surface area contributed by atoms with Gasteiger partial charge < -0.3 is 21.1 Å². The highest BCUT2D eigenvalue weighted by atomic mass is 16.5. The number of amides is 1. The molecule has 0 radical (unpaired) electrons. The fourth-order valence-corrected chi connectivity index (χ4v) is 2.33. The van der Waals surface area contributed by atoms with Crippen LogP contribution in [0.4, 0.5) is 11.4 Å². The minimum Gasteiger partial charge on any atom is -0.397 e. The van der Waals surface area contributed by atoms with E-state index in [1.807, 2.05) is 6.07 Å². The summed E-state index contributed by atoms with van der Waals surface area (Å²) in [5.41, 5.74) is 13.2. The minimum atomic E-state index is -0.452. The number of hydrogen-bond acceptors (Lipinski definition) is 4. The molecular weight excluding hydrogens is 230 g/mol. The van der Waals surface area contributed by atoms with Crippen molar-refractivity contribution in [3.05, 3.63) is 23.8 Å². The molecule has 4 N–H and O–H groups in total. The van der Waals surface area contributed by atoms with E-state index in [-0.39, 0.29) is 0 Å². The maximum absolute atomic E-state index is 11.1. The lowest BCUT2D eigenvalue weighted by Crippen LogP contribution is -2.37. The third-order valence-electron chi connectivity index (χ3n) is 3.43. The molecule has 98 valence electrons. The van der Waals surface area contributed by atoms with Gasteiger partial charge in [-0.15, -0.1) is 0 Å². The molecule has 1 saturated heterocycles. The van der Waals surface area contributed by atoms with Crippen molar-refractivity contribution in [2.45, 2.75) is 18.9 Å². The number of nitrogens with zero attached hydrogens (tertiary/aromatic N) is 1. The quantitative estimate of drug-likeness (QED) is 0.782. The second kappa shape index (κ2) is 5.27. The molecule has 1 aliphatic rings. The Bertz CT molecular complexity index is 440. The van der Waals surface area contributed by atoms with Gasteiger partial charge in [0.2, 0.25) is 5.91 Å². The van der Waals surface area contributed by atoms with E-state index in [4.69, 9.17) is 16.2 Å². The molecule has 0 saturated carbocycles. The molecule has 5 nitrogen and oxygen atoms in total. The van der Waals surface area contributed by atoms with Crippen molar-refractivity contribution in [3.8, 4) is 0 Å². The van der Waals surface area contributed by atoms with E-state index < -0.39 is 5.91 Å². The molecule has 0 spiro atoms. The van der Waals surface area contributed by atoms with Crippen molar-refractivity contribution in [3.63, 3.8) is 0 Å². The number of hydrogen-bond donors (Lipinski definition) is 2. The van der Waals surface area contributed by atoms with Gasteiger partial charge in [-0.25, -0.2) is 0 Å². The average Bonchev–Trinajstić information content (AvgIpc) is 2.38. The number of ether oxygens (including phenoxy) is 1. The van der Waals surface area contributed by atoms with Crippen LogP contribution >= 0.6 is 0 Å². The van der Waals surface area contributed by atoms with Crippen molar-refractivity contribution < 1.29 is 9.53 Å². The molecule has 0 atom stereocenters. The predicted molar refractivity (Wildman–Crippen MR) is 71.6 cm³/mol. The molecular formula is C13H19N3O2. The normalized spacial score (nSPS) is 16.8. The Morgan fingerprint density at radius 3 is 2.56 bits per heavy atom. The van der Waals surface area contributed by atoms with E-state index in [2.05, 4.69) is 4.90 Å². The predicted octanol–water partition coefficient (Wildman–Crippen LogP) is 0.983. The van der Waals surface area contributed by atoms with Crippen LogP contribution in [-0.2, 0) is 4.74 Å². The first kappa shape index (κ1) is 12.7. The highest BCUT2D eigenvalue weighted by molar-refractivity contribution is 5.94. The van der Waals surface area contributed by atoms with Gasteiger partial charge in [0, 0.05) is 25.8 Å². The number of primary amides is 1. The van der Waals surface area contributed by atoms with Gasteiger partial charge in [-0.05, 0) is 31.0 Å². The number of carbonyl (C=O) groups excluding carboxylic acids is 1. The van der Waals surface area contributed by atoms with Gasteiger partial charge in [-0.3, -0.25) is 4.79 Å². The van der Waals surface area contributed by atoms with E-state index >= 15 is 0 Å². The van der Waals surface area contributed by atoms with Gasteiger partial charge in [0.05, 0.1) is 17.5 Å². The summed E-state index contributed by atoms with van der Waals surface area (Å²) in [7, 11) is 1.75. The summed E-state index contributed by atoms with van der Waals surface area (Å²) in [5, 5.41) is 0. The third-order valence-corrected chi connectivity index (χ3v) is 3.43. The maximum atomic E-state index is 11.1. The molecule has 1 fully saturated rings. The molecule has 0 aliphatic carbocycles. The van der Waals surface area contributed by atoms with Crippen LogP contribution in [0.2, 0.25) is 0 Å². The van der Waals surface area contributed by atoms with Crippen molar-refractivity contribution in [2.24, 2.45) is 5.73 Å². The lowest BCUT2D eigenvalue weighted by atomic mass is 10.1. The van der Waals surface area contributed by atoms with Gasteiger partial charge >= 0.3 is 0 Å². The maximum Gasteiger partial charge on any atom is 0.248 e.